The number of anilines is 1. The summed E-state index contributed by atoms with van der Waals surface area (Å²) >= 11 is 0. The second-order valence-corrected chi connectivity index (χ2v) is 7.69. The Balaban J connectivity index is 1.62. The van der Waals surface area contributed by atoms with Gasteiger partial charge in [-0.05, 0) is 61.5 Å². The normalized spacial score (nSPS) is 10.7. The zero-order valence-electron chi connectivity index (χ0n) is 20.1. The number of ether oxygens (including phenoxy) is 4. The van der Waals surface area contributed by atoms with Crippen molar-refractivity contribution in [2.75, 3.05) is 33.8 Å². The van der Waals surface area contributed by atoms with Gasteiger partial charge in [0.05, 0.1) is 28.4 Å². The highest BCUT2D eigenvalue weighted by Crippen LogP contribution is 2.33. The van der Waals surface area contributed by atoms with Gasteiger partial charge in [0, 0.05) is 27.8 Å². The predicted octanol–water partition coefficient (Wildman–Crippen LogP) is 5.26. The van der Waals surface area contributed by atoms with Crippen molar-refractivity contribution in [3.8, 4) is 23.0 Å². The molecule has 0 saturated heterocycles. The Morgan fingerprint density at radius 3 is 1.89 bits per heavy atom. The molecule has 35 heavy (non-hydrogen) atoms. The molecule has 0 aliphatic rings. The molecule has 0 bridgehead atoms. The molecule has 1 amide bonds. The molecule has 8 nitrogen and oxygen atoms in total. The molecule has 1 heterocycles. The van der Waals surface area contributed by atoms with Crippen LogP contribution in [0.2, 0.25) is 0 Å². The molecule has 1 aromatic heterocycles. The van der Waals surface area contributed by atoms with Crippen LogP contribution in [0.15, 0.2) is 59.0 Å². The summed E-state index contributed by atoms with van der Waals surface area (Å²) in [6.45, 7) is 1.81. The van der Waals surface area contributed by atoms with Crippen LogP contribution in [0.3, 0.4) is 0 Å². The molecule has 1 N–H and O–H groups in total. The first-order chi connectivity index (χ1) is 16.9. The van der Waals surface area contributed by atoms with Gasteiger partial charge in [-0.25, -0.2) is 0 Å². The van der Waals surface area contributed by atoms with E-state index >= 15 is 0 Å². The maximum absolute atomic E-state index is 13.2. The second-order valence-electron chi connectivity index (χ2n) is 7.69. The summed E-state index contributed by atoms with van der Waals surface area (Å²) in [5.41, 5.74) is 2.59. The lowest BCUT2D eigenvalue weighted by Crippen LogP contribution is -2.12. The molecule has 0 aliphatic carbocycles. The van der Waals surface area contributed by atoms with E-state index in [1.807, 2.05) is 0 Å². The topological polar surface area (TPSA) is 96.2 Å². The Kier molecular flexibility index (Phi) is 6.64. The molecule has 3 aromatic carbocycles. The zero-order valence-corrected chi connectivity index (χ0v) is 20.1. The minimum atomic E-state index is -0.312. The monoisotopic (exact) mass is 475 g/mol. The van der Waals surface area contributed by atoms with Crippen molar-refractivity contribution in [2.45, 2.75) is 6.92 Å². The maximum atomic E-state index is 13.2. The van der Waals surface area contributed by atoms with Crippen molar-refractivity contribution >= 4 is 28.3 Å². The molecule has 0 unspecified atom stereocenters. The van der Waals surface area contributed by atoms with Crippen LogP contribution in [-0.4, -0.2) is 40.1 Å². The SMILES string of the molecule is COc1ccc(C(=O)Nc2ccc3oc(C(=O)c4ccc(OC)c(OC)c4)c(C)c3c2)cc1OC. The van der Waals surface area contributed by atoms with Crippen LogP contribution in [0.25, 0.3) is 11.0 Å². The first-order valence-corrected chi connectivity index (χ1v) is 10.7. The van der Waals surface area contributed by atoms with Gasteiger partial charge in [-0.1, -0.05) is 0 Å². The third-order valence-corrected chi connectivity index (χ3v) is 5.69. The third-order valence-electron chi connectivity index (χ3n) is 5.69. The third kappa shape index (κ3) is 4.50. The predicted molar refractivity (Wildman–Crippen MR) is 131 cm³/mol. The van der Waals surface area contributed by atoms with Gasteiger partial charge in [-0.2, -0.15) is 0 Å². The first-order valence-electron chi connectivity index (χ1n) is 10.7. The van der Waals surface area contributed by atoms with Crippen molar-refractivity contribution < 1.29 is 33.0 Å². The van der Waals surface area contributed by atoms with Crippen LogP contribution in [0.1, 0.15) is 32.0 Å². The Morgan fingerprint density at radius 2 is 1.29 bits per heavy atom. The van der Waals surface area contributed by atoms with E-state index < -0.39 is 0 Å². The van der Waals surface area contributed by atoms with Crippen LogP contribution < -0.4 is 24.3 Å². The number of hydrogen-bond donors (Lipinski definition) is 1. The van der Waals surface area contributed by atoms with Crippen molar-refractivity contribution in [3.63, 3.8) is 0 Å². The van der Waals surface area contributed by atoms with Gasteiger partial charge in [-0.3, -0.25) is 9.59 Å². The Morgan fingerprint density at radius 1 is 0.714 bits per heavy atom. The highest BCUT2D eigenvalue weighted by atomic mass is 16.5. The number of methoxy groups -OCH3 is 4. The highest BCUT2D eigenvalue weighted by Gasteiger charge is 2.21. The summed E-state index contributed by atoms with van der Waals surface area (Å²) in [4.78, 5) is 26.0. The molecule has 0 saturated carbocycles. The van der Waals surface area contributed by atoms with Crippen molar-refractivity contribution in [1.29, 1.82) is 0 Å². The van der Waals surface area contributed by atoms with Gasteiger partial charge in [-0.15, -0.1) is 0 Å². The van der Waals surface area contributed by atoms with Gasteiger partial charge in [0.1, 0.15) is 5.58 Å². The number of amides is 1. The minimum absolute atomic E-state index is 0.218. The van der Waals surface area contributed by atoms with Gasteiger partial charge < -0.3 is 28.7 Å². The van der Waals surface area contributed by atoms with Crippen LogP contribution >= 0.6 is 0 Å². The summed E-state index contributed by atoms with van der Waals surface area (Å²) in [7, 11) is 6.08. The van der Waals surface area contributed by atoms with Crippen LogP contribution in [0.5, 0.6) is 23.0 Å². The van der Waals surface area contributed by atoms with Gasteiger partial charge in [0.25, 0.3) is 5.91 Å². The summed E-state index contributed by atoms with van der Waals surface area (Å²) in [5, 5.41) is 3.59. The minimum Gasteiger partial charge on any atom is -0.493 e. The van der Waals surface area contributed by atoms with Gasteiger partial charge >= 0.3 is 0 Å². The standard InChI is InChI=1S/C27H25NO7/c1-15-19-14-18(28-27(30)17-7-10-22(32-3)24(13-17)34-5)8-11-20(19)35-26(15)25(29)16-6-9-21(31-2)23(12-16)33-4/h6-14H,1-5H3,(H,28,30). The molecule has 180 valence electrons. The van der Waals surface area contributed by atoms with E-state index in [1.165, 1.54) is 28.4 Å². The molecular formula is C27H25NO7. The van der Waals surface area contributed by atoms with Crippen molar-refractivity contribution in [2.24, 2.45) is 0 Å². The first kappa shape index (κ1) is 23.7. The lowest BCUT2D eigenvalue weighted by Gasteiger charge is -2.10. The van der Waals surface area contributed by atoms with E-state index in [1.54, 1.807) is 61.5 Å². The summed E-state index contributed by atoms with van der Waals surface area (Å²) in [6.07, 6.45) is 0. The summed E-state index contributed by atoms with van der Waals surface area (Å²) in [6, 6.07) is 15.1. The van der Waals surface area contributed by atoms with Gasteiger partial charge in [0.2, 0.25) is 5.78 Å². The molecule has 8 heteroatoms. The highest BCUT2D eigenvalue weighted by molar-refractivity contribution is 6.11. The number of carbonyl (C=O) groups excluding carboxylic acids is 2. The van der Waals surface area contributed by atoms with Gasteiger partial charge in [0.15, 0.2) is 28.8 Å². The maximum Gasteiger partial charge on any atom is 0.255 e. The lowest BCUT2D eigenvalue weighted by atomic mass is 10.0. The zero-order chi connectivity index (χ0) is 25.1. The fourth-order valence-corrected chi connectivity index (χ4v) is 3.80. The van der Waals surface area contributed by atoms with E-state index in [2.05, 4.69) is 5.32 Å². The fraction of sp³-hybridized carbons (Fsp3) is 0.185. The molecule has 0 fully saturated rings. The van der Waals surface area contributed by atoms with E-state index in [4.69, 9.17) is 23.4 Å². The second kappa shape index (κ2) is 9.80. The Bertz CT molecular complexity index is 1420. The summed E-state index contributed by atoms with van der Waals surface area (Å²) < 4.78 is 26.9. The number of carbonyl (C=O) groups is 2. The van der Waals surface area contributed by atoms with Crippen LogP contribution in [0.4, 0.5) is 5.69 Å². The number of benzene rings is 3. The lowest BCUT2D eigenvalue weighted by molar-refractivity contribution is 0.101. The van der Waals surface area contributed by atoms with Crippen molar-refractivity contribution in [1.82, 2.24) is 0 Å². The number of fused-ring (bicyclic) bond motifs is 1. The van der Waals surface area contributed by atoms with E-state index in [-0.39, 0.29) is 17.5 Å². The van der Waals surface area contributed by atoms with E-state index in [0.717, 1.165) is 5.39 Å². The van der Waals surface area contributed by atoms with Crippen LogP contribution in [-0.2, 0) is 0 Å². The largest absolute Gasteiger partial charge is 0.493 e. The number of nitrogens with one attached hydrogen (secondary N) is 1. The number of aryl methyl sites for hydroxylation is 1. The van der Waals surface area contributed by atoms with E-state index in [9.17, 15) is 9.59 Å². The smallest absolute Gasteiger partial charge is 0.255 e. The van der Waals surface area contributed by atoms with Crippen molar-refractivity contribution in [3.05, 3.63) is 77.0 Å². The Hall–Kier alpha value is -4.46. The molecule has 0 spiro atoms. The number of hydrogen-bond acceptors (Lipinski definition) is 7. The van der Waals surface area contributed by atoms with E-state index in [0.29, 0.717) is 51.0 Å². The molecular weight excluding hydrogens is 450 g/mol. The number of ketones is 1. The summed E-state index contributed by atoms with van der Waals surface area (Å²) in [5.74, 6) is 1.59. The molecule has 0 atom stereocenters. The molecule has 4 rings (SSSR count). The van der Waals surface area contributed by atoms with Crippen LogP contribution in [0, 0.1) is 6.92 Å². The molecule has 0 radical (unpaired) electrons. The molecule has 4 aromatic rings. The molecule has 0 aliphatic heterocycles. The number of furan rings is 1. The average Bonchev–Trinajstić information content (AvgIpc) is 3.22. The quantitative estimate of drug-likeness (QED) is 0.347. The average molecular weight is 475 g/mol. The fourth-order valence-electron chi connectivity index (χ4n) is 3.80. The number of rotatable bonds is 8. The Labute approximate surface area is 202 Å².